The summed E-state index contributed by atoms with van der Waals surface area (Å²) in [5.74, 6) is -0.592. The van der Waals surface area contributed by atoms with E-state index in [1.54, 1.807) is 0 Å². The number of hydrogen-bond donors (Lipinski definition) is 3. The highest BCUT2D eigenvalue weighted by Gasteiger charge is 2.38. The van der Waals surface area contributed by atoms with Crippen LogP contribution in [0.2, 0.25) is 0 Å². The van der Waals surface area contributed by atoms with Gasteiger partial charge in [0.15, 0.2) is 0 Å². The predicted molar refractivity (Wildman–Crippen MR) is 56.0 cm³/mol. The molecule has 4 atom stereocenters. The first kappa shape index (κ1) is 15.0. The normalized spacial score (nSPS) is 31.9. The van der Waals surface area contributed by atoms with E-state index in [1.165, 1.54) is 0 Å². The summed E-state index contributed by atoms with van der Waals surface area (Å²) < 4.78 is 9.48. The van der Waals surface area contributed by atoms with Crippen LogP contribution in [0.5, 0.6) is 0 Å². The molecule has 1 rings (SSSR count). The van der Waals surface area contributed by atoms with E-state index in [2.05, 4.69) is 21.1 Å². The van der Waals surface area contributed by atoms with Gasteiger partial charge >= 0.3 is 5.97 Å². The van der Waals surface area contributed by atoms with E-state index in [9.17, 15) is 15.0 Å². The van der Waals surface area contributed by atoms with Crippen LogP contribution in [-0.2, 0) is 24.0 Å². The second kappa shape index (κ2) is 7.41. The summed E-state index contributed by atoms with van der Waals surface area (Å²) in [6.07, 6.45) is -4.17. The van der Waals surface area contributed by atoms with Crippen LogP contribution in [-0.4, -0.2) is 65.7 Å². The van der Waals surface area contributed by atoms with Gasteiger partial charge in [-0.3, -0.25) is 0 Å². The second-order valence-electron chi connectivity index (χ2n) is 3.54. The molecule has 0 aliphatic carbocycles. The molecule has 0 aromatic rings. The van der Waals surface area contributed by atoms with Crippen molar-refractivity contribution in [3.8, 4) is 0 Å². The lowest BCUT2D eigenvalue weighted by Gasteiger charge is -2.33. The van der Waals surface area contributed by atoms with Gasteiger partial charge < -0.3 is 24.8 Å². The highest BCUT2D eigenvalue weighted by molar-refractivity contribution is 5.81. The minimum absolute atomic E-state index is 0.0567. The van der Waals surface area contributed by atoms with Crippen molar-refractivity contribution in [2.24, 2.45) is 0 Å². The standard InChI is InChI=1S/C10H16O8/c1-2-7(12)15-3-4-17-18-10-9(14)8(13)6(11)5-16-10/h2,6,8-11,13-14H,1,3-5H2. The Morgan fingerprint density at radius 3 is 2.72 bits per heavy atom. The average Bonchev–Trinajstić information content (AvgIpc) is 2.37. The van der Waals surface area contributed by atoms with Crippen LogP contribution in [0.4, 0.5) is 0 Å². The first-order valence-electron chi connectivity index (χ1n) is 5.29. The Balaban J connectivity index is 2.15. The van der Waals surface area contributed by atoms with E-state index in [4.69, 9.17) is 9.84 Å². The smallest absolute Gasteiger partial charge is 0.330 e. The summed E-state index contributed by atoms with van der Waals surface area (Å²) in [5.41, 5.74) is 0. The quantitative estimate of drug-likeness (QED) is 0.168. The topological polar surface area (TPSA) is 115 Å². The lowest BCUT2D eigenvalue weighted by molar-refractivity contribution is -0.415. The first-order valence-corrected chi connectivity index (χ1v) is 5.29. The van der Waals surface area contributed by atoms with Crippen molar-refractivity contribution in [1.29, 1.82) is 0 Å². The highest BCUT2D eigenvalue weighted by atomic mass is 17.2. The highest BCUT2D eigenvalue weighted by Crippen LogP contribution is 2.16. The summed E-state index contributed by atoms with van der Waals surface area (Å²) in [5, 5.41) is 27.9. The molecule has 0 radical (unpaired) electrons. The summed E-state index contributed by atoms with van der Waals surface area (Å²) in [6, 6.07) is 0. The molecule has 0 amide bonds. The fourth-order valence-electron chi connectivity index (χ4n) is 1.21. The van der Waals surface area contributed by atoms with Crippen LogP contribution in [0.1, 0.15) is 0 Å². The van der Waals surface area contributed by atoms with Gasteiger partial charge in [-0.05, 0) is 0 Å². The molecule has 0 aromatic heterocycles. The molecule has 1 saturated heterocycles. The van der Waals surface area contributed by atoms with Crippen molar-refractivity contribution in [2.45, 2.75) is 24.6 Å². The van der Waals surface area contributed by atoms with Crippen LogP contribution in [0.3, 0.4) is 0 Å². The largest absolute Gasteiger partial charge is 0.460 e. The van der Waals surface area contributed by atoms with Gasteiger partial charge in [-0.2, -0.15) is 0 Å². The minimum Gasteiger partial charge on any atom is -0.460 e. The summed E-state index contributed by atoms with van der Waals surface area (Å²) in [6.45, 7) is 2.89. The van der Waals surface area contributed by atoms with Crippen molar-refractivity contribution < 1.29 is 39.4 Å². The maximum Gasteiger partial charge on any atom is 0.330 e. The molecule has 4 unspecified atom stereocenters. The molecular formula is C10H16O8. The van der Waals surface area contributed by atoms with Crippen LogP contribution >= 0.6 is 0 Å². The van der Waals surface area contributed by atoms with Gasteiger partial charge in [0.05, 0.1) is 6.61 Å². The predicted octanol–water partition coefficient (Wildman–Crippen LogP) is -1.90. The van der Waals surface area contributed by atoms with E-state index >= 15 is 0 Å². The number of aliphatic hydroxyl groups excluding tert-OH is 3. The molecule has 0 aromatic carbocycles. The Kier molecular flexibility index (Phi) is 6.19. The van der Waals surface area contributed by atoms with Crippen LogP contribution in [0, 0.1) is 0 Å². The number of esters is 1. The molecule has 1 aliphatic heterocycles. The molecule has 1 fully saturated rings. The van der Waals surface area contributed by atoms with E-state index in [0.717, 1.165) is 6.08 Å². The molecule has 1 aliphatic rings. The Morgan fingerprint density at radius 1 is 1.33 bits per heavy atom. The minimum atomic E-state index is -1.43. The molecule has 8 heteroatoms. The van der Waals surface area contributed by atoms with Crippen LogP contribution in [0.15, 0.2) is 12.7 Å². The van der Waals surface area contributed by atoms with Crippen molar-refractivity contribution in [3.05, 3.63) is 12.7 Å². The zero-order valence-corrected chi connectivity index (χ0v) is 9.60. The number of carbonyl (C=O) groups is 1. The van der Waals surface area contributed by atoms with E-state index in [-0.39, 0.29) is 19.8 Å². The maximum atomic E-state index is 10.6. The number of carbonyl (C=O) groups excluding carboxylic acids is 1. The Morgan fingerprint density at radius 2 is 2.06 bits per heavy atom. The van der Waals surface area contributed by atoms with Gasteiger partial charge in [0, 0.05) is 6.08 Å². The van der Waals surface area contributed by atoms with E-state index < -0.39 is 30.6 Å². The Hall–Kier alpha value is -1.03. The summed E-state index contributed by atoms with van der Waals surface area (Å²) >= 11 is 0. The second-order valence-corrected chi connectivity index (χ2v) is 3.54. The fraction of sp³-hybridized carbons (Fsp3) is 0.700. The lowest BCUT2D eigenvalue weighted by atomic mass is 10.1. The van der Waals surface area contributed by atoms with Crippen molar-refractivity contribution in [2.75, 3.05) is 19.8 Å². The molecule has 1 heterocycles. The lowest BCUT2D eigenvalue weighted by Crippen LogP contribution is -2.53. The van der Waals surface area contributed by atoms with Gasteiger partial charge in [-0.1, -0.05) is 6.58 Å². The SMILES string of the molecule is C=CC(=O)OCCOOC1OCC(O)C(O)C1O. The van der Waals surface area contributed by atoms with Crippen LogP contribution in [0.25, 0.3) is 0 Å². The first-order chi connectivity index (χ1) is 8.56. The van der Waals surface area contributed by atoms with Gasteiger partial charge in [-0.25, -0.2) is 14.6 Å². The van der Waals surface area contributed by atoms with Gasteiger partial charge in [0.25, 0.3) is 0 Å². The maximum absolute atomic E-state index is 10.6. The third-order valence-electron chi connectivity index (χ3n) is 2.19. The molecule has 18 heavy (non-hydrogen) atoms. The molecule has 104 valence electrons. The number of rotatable bonds is 6. The zero-order chi connectivity index (χ0) is 13.5. The number of aliphatic hydroxyl groups is 3. The summed E-state index contributed by atoms with van der Waals surface area (Å²) in [4.78, 5) is 19.9. The molecule has 3 N–H and O–H groups in total. The Labute approximate surface area is 103 Å². The van der Waals surface area contributed by atoms with Gasteiger partial charge in [0.2, 0.25) is 6.29 Å². The molecule has 0 saturated carbocycles. The zero-order valence-electron chi connectivity index (χ0n) is 9.60. The van der Waals surface area contributed by atoms with Gasteiger partial charge in [-0.15, -0.1) is 0 Å². The molecule has 0 bridgehead atoms. The average molecular weight is 264 g/mol. The summed E-state index contributed by atoms with van der Waals surface area (Å²) in [7, 11) is 0. The molecule has 8 nitrogen and oxygen atoms in total. The monoisotopic (exact) mass is 264 g/mol. The van der Waals surface area contributed by atoms with E-state index in [1.807, 2.05) is 0 Å². The van der Waals surface area contributed by atoms with Crippen molar-refractivity contribution in [1.82, 2.24) is 0 Å². The Bertz CT molecular complexity index is 281. The number of hydrogen-bond acceptors (Lipinski definition) is 8. The van der Waals surface area contributed by atoms with Crippen molar-refractivity contribution >= 4 is 5.97 Å². The van der Waals surface area contributed by atoms with E-state index in [0.29, 0.717) is 0 Å². The molecule has 0 spiro atoms. The number of ether oxygens (including phenoxy) is 2. The third kappa shape index (κ3) is 4.33. The third-order valence-corrected chi connectivity index (χ3v) is 2.19. The molecular weight excluding hydrogens is 248 g/mol. The van der Waals surface area contributed by atoms with Crippen LogP contribution < -0.4 is 0 Å². The van der Waals surface area contributed by atoms with Crippen molar-refractivity contribution in [3.63, 3.8) is 0 Å². The van der Waals surface area contributed by atoms with Gasteiger partial charge in [0.1, 0.15) is 31.5 Å². The fourth-order valence-corrected chi connectivity index (χ4v) is 1.21.